The summed E-state index contributed by atoms with van der Waals surface area (Å²) < 4.78 is 0. The number of carbonyl (C=O) groups excluding carboxylic acids is 1. The molecule has 1 aromatic carbocycles. The summed E-state index contributed by atoms with van der Waals surface area (Å²) in [5.74, 6) is 0.0898. The summed E-state index contributed by atoms with van der Waals surface area (Å²) in [5, 5.41) is 3.70. The maximum Gasteiger partial charge on any atom is 0.265 e. The standard InChI is InChI=1S/C15H20N4OS/c1-9-7-5-6-8-11(9)10(2)17-14(20)12-13(16)18-15(21-12)19(3)4/h5-8,10H,16H2,1-4H3,(H,17,20). The lowest BCUT2D eigenvalue weighted by Gasteiger charge is -2.16. The minimum atomic E-state index is -0.186. The number of benzene rings is 1. The van der Waals surface area contributed by atoms with Crippen molar-refractivity contribution in [3.8, 4) is 0 Å². The Morgan fingerprint density at radius 2 is 2.05 bits per heavy atom. The van der Waals surface area contributed by atoms with Gasteiger partial charge in [-0.25, -0.2) is 4.98 Å². The molecule has 0 fully saturated rings. The first kappa shape index (κ1) is 15.3. The Hall–Kier alpha value is -2.08. The van der Waals surface area contributed by atoms with Gasteiger partial charge in [-0.3, -0.25) is 4.79 Å². The van der Waals surface area contributed by atoms with Gasteiger partial charge < -0.3 is 16.0 Å². The number of amides is 1. The second-order valence-electron chi connectivity index (χ2n) is 5.16. The second kappa shape index (κ2) is 6.13. The third-order valence-corrected chi connectivity index (χ3v) is 4.47. The molecule has 112 valence electrons. The van der Waals surface area contributed by atoms with Crippen LogP contribution in [-0.4, -0.2) is 25.0 Å². The Labute approximate surface area is 128 Å². The Balaban J connectivity index is 2.16. The fourth-order valence-corrected chi connectivity index (χ4v) is 2.90. The van der Waals surface area contributed by atoms with Crippen LogP contribution >= 0.6 is 11.3 Å². The molecule has 0 saturated heterocycles. The van der Waals surface area contributed by atoms with Crippen LogP contribution in [0.2, 0.25) is 0 Å². The van der Waals surface area contributed by atoms with Crippen LogP contribution in [0.4, 0.5) is 10.9 Å². The maximum absolute atomic E-state index is 12.4. The molecule has 0 aliphatic heterocycles. The van der Waals surface area contributed by atoms with E-state index in [4.69, 9.17) is 5.73 Å². The molecule has 3 N–H and O–H groups in total. The molecule has 2 rings (SSSR count). The molecule has 2 aromatic rings. The van der Waals surface area contributed by atoms with E-state index in [0.29, 0.717) is 4.88 Å². The van der Waals surface area contributed by atoms with Crippen LogP contribution in [0.25, 0.3) is 0 Å². The average molecular weight is 304 g/mol. The molecule has 0 radical (unpaired) electrons. The molecule has 0 saturated carbocycles. The summed E-state index contributed by atoms with van der Waals surface area (Å²) in [4.78, 5) is 18.8. The fraction of sp³-hybridized carbons (Fsp3) is 0.333. The third kappa shape index (κ3) is 3.33. The Bertz CT molecular complexity index is 651. The van der Waals surface area contributed by atoms with Crippen molar-refractivity contribution in [3.05, 3.63) is 40.3 Å². The molecule has 0 aliphatic carbocycles. The Morgan fingerprint density at radius 3 is 2.62 bits per heavy atom. The minimum absolute atomic E-state index is 0.0805. The van der Waals surface area contributed by atoms with E-state index < -0.39 is 0 Å². The smallest absolute Gasteiger partial charge is 0.265 e. The van der Waals surface area contributed by atoms with E-state index in [0.717, 1.165) is 16.3 Å². The van der Waals surface area contributed by atoms with Crippen molar-refractivity contribution < 1.29 is 4.79 Å². The van der Waals surface area contributed by atoms with Crippen molar-refractivity contribution in [3.63, 3.8) is 0 Å². The van der Waals surface area contributed by atoms with Crippen LogP contribution in [0.5, 0.6) is 0 Å². The van der Waals surface area contributed by atoms with Gasteiger partial charge in [0.05, 0.1) is 6.04 Å². The number of nitrogens with one attached hydrogen (secondary N) is 1. The molecule has 1 atom stereocenters. The first-order chi connectivity index (χ1) is 9.90. The summed E-state index contributed by atoms with van der Waals surface area (Å²) in [6.07, 6.45) is 0. The molecule has 0 spiro atoms. The van der Waals surface area contributed by atoms with Gasteiger partial charge >= 0.3 is 0 Å². The van der Waals surface area contributed by atoms with Crippen molar-refractivity contribution in [1.82, 2.24) is 10.3 Å². The number of nitrogens with zero attached hydrogens (tertiary/aromatic N) is 2. The van der Waals surface area contributed by atoms with Crippen LogP contribution in [-0.2, 0) is 0 Å². The summed E-state index contributed by atoms with van der Waals surface area (Å²) in [7, 11) is 3.74. The third-order valence-electron chi connectivity index (χ3n) is 3.23. The Morgan fingerprint density at radius 1 is 1.38 bits per heavy atom. The quantitative estimate of drug-likeness (QED) is 0.911. The van der Waals surface area contributed by atoms with Crippen LogP contribution in [0.3, 0.4) is 0 Å². The van der Waals surface area contributed by atoms with Gasteiger partial charge in [-0.05, 0) is 25.0 Å². The van der Waals surface area contributed by atoms with Gasteiger partial charge in [0.15, 0.2) is 5.13 Å². The number of nitrogen functional groups attached to an aromatic ring is 1. The van der Waals surface area contributed by atoms with Gasteiger partial charge in [-0.2, -0.15) is 0 Å². The molecule has 5 nitrogen and oxygen atoms in total. The first-order valence-corrected chi connectivity index (χ1v) is 7.51. The Kier molecular flexibility index (Phi) is 4.47. The lowest BCUT2D eigenvalue weighted by molar-refractivity contribution is 0.0944. The zero-order valence-corrected chi connectivity index (χ0v) is 13.5. The SMILES string of the molecule is Cc1ccccc1C(C)NC(=O)c1sc(N(C)C)nc1N. The number of hydrogen-bond acceptors (Lipinski definition) is 5. The van der Waals surface area contributed by atoms with Crippen molar-refractivity contribution in [2.45, 2.75) is 19.9 Å². The predicted molar refractivity (Wildman–Crippen MR) is 87.9 cm³/mol. The fourth-order valence-electron chi connectivity index (χ4n) is 2.09. The van der Waals surface area contributed by atoms with Gasteiger partial charge in [0.2, 0.25) is 0 Å². The van der Waals surface area contributed by atoms with E-state index in [2.05, 4.69) is 10.3 Å². The second-order valence-corrected chi connectivity index (χ2v) is 6.13. The van der Waals surface area contributed by atoms with Gasteiger partial charge in [0, 0.05) is 14.1 Å². The summed E-state index contributed by atoms with van der Waals surface area (Å²) in [5.41, 5.74) is 8.08. The predicted octanol–water partition coefficient (Wildman–Crippen LogP) is 2.59. The van der Waals surface area contributed by atoms with Crippen LogP contribution < -0.4 is 16.0 Å². The highest BCUT2D eigenvalue weighted by atomic mass is 32.1. The highest BCUT2D eigenvalue weighted by Gasteiger charge is 2.19. The molecule has 0 bridgehead atoms. The summed E-state index contributed by atoms with van der Waals surface area (Å²) in [6.45, 7) is 3.99. The molecular weight excluding hydrogens is 284 g/mol. The molecule has 6 heteroatoms. The highest BCUT2D eigenvalue weighted by Crippen LogP contribution is 2.27. The number of aromatic nitrogens is 1. The lowest BCUT2D eigenvalue weighted by atomic mass is 10.0. The van der Waals surface area contributed by atoms with Gasteiger partial charge in [0.1, 0.15) is 10.7 Å². The van der Waals surface area contributed by atoms with Gasteiger partial charge in [-0.15, -0.1) is 0 Å². The minimum Gasteiger partial charge on any atom is -0.382 e. The molecule has 0 aliphatic rings. The zero-order chi connectivity index (χ0) is 15.6. The highest BCUT2D eigenvalue weighted by molar-refractivity contribution is 7.18. The zero-order valence-electron chi connectivity index (χ0n) is 12.7. The van der Waals surface area contributed by atoms with E-state index >= 15 is 0 Å². The molecule has 1 aromatic heterocycles. The van der Waals surface area contributed by atoms with Crippen molar-refractivity contribution in [1.29, 1.82) is 0 Å². The number of anilines is 2. The number of aryl methyl sites for hydroxylation is 1. The van der Waals surface area contributed by atoms with Gasteiger partial charge in [0.25, 0.3) is 5.91 Å². The average Bonchev–Trinajstić information content (AvgIpc) is 2.81. The topological polar surface area (TPSA) is 71.2 Å². The van der Waals surface area contributed by atoms with Crippen molar-refractivity contribution in [2.24, 2.45) is 0 Å². The van der Waals surface area contributed by atoms with Crippen LogP contribution in [0.15, 0.2) is 24.3 Å². The van der Waals surface area contributed by atoms with E-state index in [9.17, 15) is 4.79 Å². The summed E-state index contributed by atoms with van der Waals surface area (Å²) >= 11 is 1.29. The molecular formula is C15H20N4OS. The maximum atomic E-state index is 12.4. The normalized spacial score (nSPS) is 12.0. The first-order valence-electron chi connectivity index (χ1n) is 6.70. The van der Waals surface area contributed by atoms with E-state index in [1.54, 1.807) is 0 Å². The molecule has 1 amide bonds. The lowest BCUT2D eigenvalue weighted by Crippen LogP contribution is -2.27. The number of nitrogens with two attached hydrogens (primary N) is 1. The van der Waals surface area contributed by atoms with Crippen LogP contribution in [0.1, 0.15) is 33.8 Å². The largest absolute Gasteiger partial charge is 0.382 e. The van der Waals surface area contributed by atoms with E-state index in [1.807, 2.05) is 57.1 Å². The van der Waals surface area contributed by atoms with E-state index in [1.165, 1.54) is 11.3 Å². The van der Waals surface area contributed by atoms with Crippen LogP contribution in [0, 0.1) is 6.92 Å². The van der Waals surface area contributed by atoms with Gasteiger partial charge in [-0.1, -0.05) is 35.6 Å². The molecule has 1 heterocycles. The monoisotopic (exact) mass is 304 g/mol. The summed E-state index contributed by atoms with van der Waals surface area (Å²) in [6, 6.07) is 7.92. The number of carbonyl (C=O) groups is 1. The number of rotatable bonds is 4. The van der Waals surface area contributed by atoms with E-state index in [-0.39, 0.29) is 17.8 Å². The van der Waals surface area contributed by atoms with Crippen molar-refractivity contribution in [2.75, 3.05) is 24.7 Å². The molecule has 1 unspecified atom stereocenters. The number of hydrogen-bond donors (Lipinski definition) is 2. The number of thiazole rings is 1. The van der Waals surface area contributed by atoms with Crippen molar-refractivity contribution >= 4 is 28.2 Å². The molecule has 21 heavy (non-hydrogen) atoms.